The Hall–Kier alpha value is -1.51. The van der Waals surface area contributed by atoms with Crippen LogP contribution in [0.15, 0.2) is 24.3 Å². The summed E-state index contributed by atoms with van der Waals surface area (Å²) in [6.07, 6.45) is 11.9. The molecule has 0 radical (unpaired) electrons. The highest BCUT2D eigenvalue weighted by Gasteiger charge is 2.02. The zero-order chi connectivity index (χ0) is 15.3. The van der Waals surface area contributed by atoms with Crippen molar-refractivity contribution < 1.29 is 9.90 Å². The van der Waals surface area contributed by atoms with E-state index in [1.54, 1.807) is 24.3 Å². The molecule has 2 N–H and O–H groups in total. The molecule has 0 aliphatic heterocycles. The van der Waals surface area contributed by atoms with E-state index in [2.05, 4.69) is 12.2 Å². The molecule has 3 heteroatoms. The lowest BCUT2D eigenvalue weighted by molar-refractivity contribution is -0.116. The number of rotatable bonds is 11. The van der Waals surface area contributed by atoms with Crippen LogP contribution in [0.5, 0.6) is 5.75 Å². The number of hydrogen-bond donors (Lipinski definition) is 2. The Labute approximate surface area is 128 Å². The normalized spacial score (nSPS) is 10.5. The highest BCUT2D eigenvalue weighted by atomic mass is 16.3. The van der Waals surface area contributed by atoms with Crippen LogP contribution in [0, 0.1) is 0 Å². The Morgan fingerprint density at radius 2 is 1.43 bits per heavy atom. The average Bonchev–Trinajstić information content (AvgIpc) is 2.48. The molecule has 0 aliphatic carbocycles. The lowest BCUT2D eigenvalue weighted by Gasteiger charge is -2.05. The van der Waals surface area contributed by atoms with Crippen molar-refractivity contribution in [2.24, 2.45) is 0 Å². The smallest absolute Gasteiger partial charge is 0.224 e. The van der Waals surface area contributed by atoms with E-state index in [4.69, 9.17) is 5.11 Å². The van der Waals surface area contributed by atoms with Gasteiger partial charge >= 0.3 is 0 Å². The molecule has 1 aromatic carbocycles. The second kappa shape index (κ2) is 11.2. The predicted octanol–water partition coefficient (Wildman–Crippen LogP) is 5.25. The Morgan fingerprint density at radius 1 is 0.905 bits per heavy atom. The van der Waals surface area contributed by atoms with E-state index in [0.717, 1.165) is 18.5 Å². The first-order valence-corrected chi connectivity index (χ1v) is 8.31. The Bertz CT molecular complexity index is 387. The molecular formula is C18H29NO2. The molecule has 0 saturated carbocycles. The van der Waals surface area contributed by atoms with Gasteiger partial charge in [-0.05, 0) is 30.7 Å². The molecule has 0 unspecified atom stereocenters. The summed E-state index contributed by atoms with van der Waals surface area (Å²) in [7, 11) is 0. The van der Waals surface area contributed by atoms with Gasteiger partial charge in [0.15, 0.2) is 0 Å². The maximum Gasteiger partial charge on any atom is 0.224 e. The third kappa shape index (κ3) is 9.11. The summed E-state index contributed by atoms with van der Waals surface area (Å²) in [6.45, 7) is 2.24. The summed E-state index contributed by atoms with van der Waals surface area (Å²) in [5.74, 6) is 0.274. The van der Waals surface area contributed by atoms with E-state index in [0.29, 0.717) is 6.42 Å². The fraction of sp³-hybridized carbons (Fsp3) is 0.611. The van der Waals surface area contributed by atoms with Gasteiger partial charge in [-0.1, -0.05) is 58.3 Å². The van der Waals surface area contributed by atoms with Gasteiger partial charge in [0.05, 0.1) is 0 Å². The molecule has 0 heterocycles. The Kier molecular flexibility index (Phi) is 9.34. The van der Waals surface area contributed by atoms with Crippen molar-refractivity contribution in [3.05, 3.63) is 24.3 Å². The predicted molar refractivity (Wildman–Crippen MR) is 88.6 cm³/mol. The van der Waals surface area contributed by atoms with Crippen LogP contribution in [0.1, 0.15) is 71.1 Å². The summed E-state index contributed by atoms with van der Waals surface area (Å²) < 4.78 is 0. The standard InChI is InChI=1S/C18H29NO2/c1-2-3-4-5-6-7-8-9-10-11-18(21)19-16-12-14-17(20)15-13-16/h12-15,20H,2-11H2,1H3,(H,19,21). The van der Waals surface area contributed by atoms with E-state index in [1.807, 2.05) is 0 Å². The van der Waals surface area contributed by atoms with Crippen LogP contribution < -0.4 is 5.32 Å². The second-order valence-electron chi connectivity index (χ2n) is 5.67. The minimum absolute atomic E-state index is 0.0589. The van der Waals surface area contributed by atoms with Crippen molar-refractivity contribution >= 4 is 11.6 Å². The van der Waals surface area contributed by atoms with Crippen molar-refractivity contribution in [2.45, 2.75) is 71.1 Å². The molecule has 21 heavy (non-hydrogen) atoms. The quantitative estimate of drug-likeness (QED) is 0.432. The molecule has 118 valence electrons. The summed E-state index contributed by atoms with van der Waals surface area (Å²) >= 11 is 0. The number of carbonyl (C=O) groups excluding carboxylic acids is 1. The van der Waals surface area contributed by atoms with Crippen molar-refractivity contribution in [2.75, 3.05) is 5.32 Å². The number of amides is 1. The molecular weight excluding hydrogens is 262 g/mol. The third-order valence-electron chi connectivity index (χ3n) is 3.66. The number of unbranched alkanes of at least 4 members (excludes halogenated alkanes) is 8. The van der Waals surface area contributed by atoms with Crippen LogP contribution in [0.4, 0.5) is 5.69 Å². The first kappa shape index (κ1) is 17.5. The van der Waals surface area contributed by atoms with Gasteiger partial charge in [-0.15, -0.1) is 0 Å². The zero-order valence-corrected chi connectivity index (χ0v) is 13.2. The lowest BCUT2D eigenvalue weighted by Crippen LogP contribution is -2.10. The number of nitrogens with one attached hydrogen (secondary N) is 1. The van der Waals surface area contributed by atoms with Gasteiger partial charge < -0.3 is 10.4 Å². The van der Waals surface area contributed by atoms with Crippen LogP contribution in [0.2, 0.25) is 0 Å². The fourth-order valence-corrected chi connectivity index (χ4v) is 2.36. The lowest BCUT2D eigenvalue weighted by atomic mass is 10.1. The highest BCUT2D eigenvalue weighted by Crippen LogP contribution is 2.15. The third-order valence-corrected chi connectivity index (χ3v) is 3.66. The van der Waals surface area contributed by atoms with Crippen LogP contribution >= 0.6 is 0 Å². The van der Waals surface area contributed by atoms with E-state index in [9.17, 15) is 4.79 Å². The number of aromatic hydroxyl groups is 1. The molecule has 0 saturated heterocycles. The molecule has 1 rings (SSSR count). The topological polar surface area (TPSA) is 49.3 Å². The van der Waals surface area contributed by atoms with Crippen molar-refractivity contribution in [3.63, 3.8) is 0 Å². The molecule has 1 aromatic rings. The highest BCUT2D eigenvalue weighted by molar-refractivity contribution is 5.90. The summed E-state index contributed by atoms with van der Waals surface area (Å²) in [5.41, 5.74) is 0.744. The maximum atomic E-state index is 11.7. The summed E-state index contributed by atoms with van der Waals surface area (Å²) in [6, 6.07) is 6.58. The average molecular weight is 291 g/mol. The van der Waals surface area contributed by atoms with E-state index < -0.39 is 0 Å². The van der Waals surface area contributed by atoms with Crippen LogP contribution in [0.3, 0.4) is 0 Å². The SMILES string of the molecule is CCCCCCCCCCCC(=O)Nc1ccc(O)cc1. The van der Waals surface area contributed by atoms with Gasteiger partial charge in [0.1, 0.15) is 5.75 Å². The van der Waals surface area contributed by atoms with Gasteiger partial charge in [0.25, 0.3) is 0 Å². The number of hydrogen-bond acceptors (Lipinski definition) is 2. The Morgan fingerprint density at radius 3 is 2.00 bits per heavy atom. The minimum Gasteiger partial charge on any atom is -0.508 e. The van der Waals surface area contributed by atoms with Gasteiger partial charge in [-0.25, -0.2) is 0 Å². The molecule has 0 spiro atoms. The molecule has 0 atom stereocenters. The van der Waals surface area contributed by atoms with Gasteiger partial charge in [0, 0.05) is 12.1 Å². The first-order chi connectivity index (χ1) is 10.2. The molecule has 0 aromatic heterocycles. The monoisotopic (exact) mass is 291 g/mol. The molecule has 0 bridgehead atoms. The fourth-order valence-electron chi connectivity index (χ4n) is 2.36. The van der Waals surface area contributed by atoms with Crippen molar-refractivity contribution in [3.8, 4) is 5.75 Å². The van der Waals surface area contributed by atoms with Gasteiger partial charge in [-0.2, -0.15) is 0 Å². The number of phenolic OH excluding ortho intramolecular Hbond substituents is 1. The van der Waals surface area contributed by atoms with Gasteiger partial charge in [-0.3, -0.25) is 4.79 Å². The van der Waals surface area contributed by atoms with Crippen molar-refractivity contribution in [1.82, 2.24) is 0 Å². The van der Waals surface area contributed by atoms with E-state index in [-0.39, 0.29) is 11.7 Å². The molecule has 0 fully saturated rings. The molecule has 1 amide bonds. The molecule has 0 aliphatic rings. The summed E-state index contributed by atoms with van der Waals surface area (Å²) in [5, 5.41) is 12.0. The van der Waals surface area contributed by atoms with Crippen LogP contribution in [-0.2, 0) is 4.79 Å². The first-order valence-electron chi connectivity index (χ1n) is 8.31. The number of phenols is 1. The van der Waals surface area contributed by atoms with Crippen molar-refractivity contribution in [1.29, 1.82) is 0 Å². The summed E-state index contributed by atoms with van der Waals surface area (Å²) in [4.78, 5) is 11.7. The number of carbonyl (C=O) groups is 1. The van der Waals surface area contributed by atoms with Crippen LogP contribution in [0.25, 0.3) is 0 Å². The molecule has 3 nitrogen and oxygen atoms in total. The number of benzene rings is 1. The van der Waals surface area contributed by atoms with E-state index in [1.165, 1.54) is 44.9 Å². The minimum atomic E-state index is 0.0589. The second-order valence-corrected chi connectivity index (χ2v) is 5.67. The van der Waals surface area contributed by atoms with Crippen LogP contribution in [-0.4, -0.2) is 11.0 Å². The largest absolute Gasteiger partial charge is 0.508 e. The number of anilines is 1. The maximum absolute atomic E-state index is 11.7. The Balaban J connectivity index is 1.97. The van der Waals surface area contributed by atoms with Gasteiger partial charge in [0.2, 0.25) is 5.91 Å². The van der Waals surface area contributed by atoms with E-state index >= 15 is 0 Å². The zero-order valence-electron chi connectivity index (χ0n) is 13.2.